The second kappa shape index (κ2) is 13.1. The normalized spacial score (nSPS) is 11.5. The highest BCUT2D eigenvalue weighted by atomic mass is 19.1. The number of anilines is 5. The molecule has 0 bridgehead atoms. The molecule has 2 nitrogen and oxygen atoms in total. The van der Waals surface area contributed by atoms with Gasteiger partial charge in [-0.25, -0.2) is 17.6 Å². The molecule has 0 unspecified atom stereocenters. The maximum Gasteiger partial charge on any atom is 0.147 e. The van der Waals surface area contributed by atoms with Crippen LogP contribution in [0.15, 0.2) is 152 Å². The highest BCUT2D eigenvalue weighted by Gasteiger charge is 2.25. The summed E-state index contributed by atoms with van der Waals surface area (Å²) in [5.74, 6) is -1.95. The number of halogens is 4. The Bertz CT molecular complexity index is 2880. The van der Waals surface area contributed by atoms with Gasteiger partial charge in [-0.1, -0.05) is 91.0 Å². The summed E-state index contributed by atoms with van der Waals surface area (Å²) in [7, 11) is 0. The van der Waals surface area contributed by atoms with E-state index in [1.165, 1.54) is 24.3 Å². The van der Waals surface area contributed by atoms with Gasteiger partial charge in [-0.3, -0.25) is 0 Å². The average Bonchev–Trinajstić information content (AvgIpc) is 3.17. The van der Waals surface area contributed by atoms with Crippen molar-refractivity contribution < 1.29 is 17.6 Å². The van der Waals surface area contributed by atoms with Crippen molar-refractivity contribution in [3.8, 4) is 22.3 Å². The Balaban J connectivity index is 1.28. The third kappa shape index (κ3) is 5.67. The first-order valence-electron chi connectivity index (χ1n) is 17.7. The standard InChI is InChI=1S/C48H32F4N2/c1-28-14-20-42(40(51)22-28)53-43-25-33-10-7-13-36-45(27-34-11-6-12-35(43)47(34)48(33)36)54(44-21-15-29(2)23-41(44)52)46-26-32(17-19-39(46)50)37-24-31(16-18-38(37)49)30-8-4-3-5-9-30/h3-27,53H,1-2H3. The molecule has 0 spiro atoms. The molecular formula is C48H32F4N2. The van der Waals surface area contributed by atoms with Crippen molar-refractivity contribution in [1.82, 2.24) is 0 Å². The van der Waals surface area contributed by atoms with Crippen molar-refractivity contribution >= 4 is 60.8 Å². The van der Waals surface area contributed by atoms with Crippen molar-refractivity contribution in [2.45, 2.75) is 13.8 Å². The Hall–Kier alpha value is -6.66. The molecule has 0 amide bonds. The number of hydrogen-bond acceptors (Lipinski definition) is 2. The van der Waals surface area contributed by atoms with Gasteiger partial charge in [-0.05, 0) is 124 Å². The van der Waals surface area contributed by atoms with Crippen LogP contribution in [-0.2, 0) is 0 Å². The fourth-order valence-corrected chi connectivity index (χ4v) is 7.58. The molecule has 9 aromatic carbocycles. The van der Waals surface area contributed by atoms with Crippen LogP contribution in [0.2, 0.25) is 0 Å². The zero-order valence-electron chi connectivity index (χ0n) is 29.4. The Labute approximate surface area is 309 Å². The second-order valence-electron chi connectivity index (χ2n) is 13.8. The summed E-state index contributed by atoms with van der Waals surface area (Å²) in [5, 5.41) is 8.47. The molecule has 0 radical (unpaired) electrons. The van der Waals surface area contributed by atoms with Crippen molar-refractivity contribution in [3.63, 3.8) is 0 Å². The number of benzene rings is 9. The third-order valence-corrected chi connectivity index (χ3v) is 10.2. The first-order valence-corrected chi connectivity index (χ1v) is 17.7. The predicted octanol–water partition coefficient (Wildman–Crippen LogP) is 14.3. The molecule has 0 aromatic heterocycles. The molecule has 0 fully saturated rings. The van der Waals surface area contributed by atoms with Gasteiger partial charge in [-0.15, -0.1) is 0 Å². The molecule has 0 aliphatic rings. The summed E-state index contributed by atoms with van der Waals surface area (Å²) in [6.45, 7) is 3.64. The van der Waals surface area contributed by atoms with Gasteiger partial charge >= 0.3 is 0 Å². The van der Waals surface area contributed by atoms with E-state index >= 15 is 17.6 Å². The topological polar surface area (TPSA) is 15.3 Å². The zero-order valence-corrected chi connectivity index (χ0v) is 29.4. The van der Waals surface area contributed by atoms with Crippen LogP contribution < -0.4 is 10.2 Å². The van der Waals surface area contributed by atoms with Gasteiger partial charge in [0.1, 0.15) is 23.3 Å². The Morgan fingerprint density at radius 2 is 1.07 bits per heavy atom. The van der Waals surface area contributed by atoms with E-state index in [1.54, 1.807) is 54.3 Å². The van der Waals surface area contributed by atoms with Crippen LogP contribution in [0.5, 0.6) is 0 Å². The van der Waals surface area contributed by atoms with Gasteiger partial charge in [0.25, 0.3) is 0 Å². The average molecular weight is 713 g/mol. The maximum atomic E-state index is 16.4. The number of aryl methyl sites for hydroxylation is 2. The molecule has 0 heterocycles. The molecule has 0 atom stereocenters. The summed E-state index contributed by atoms with van der Waals surface area (Å²) in [4.78, 5) is 1.59. The maximum absolute atomic E-state index is 16.4. The number of hydrogen-bond donors (Lipinski definition) is 1. The SMILES string of the molecule is Cc1ccc(Nc2cc3cccc4c(N(c5ccc(C)cc5F)c5cc(-c6cc(-c7ccccc7)ccc6F)ccc5F)cc5cccc2c5c34)c(F)c1. The van der Waals surface area contributed by atoms with Crippen molar-refractivity contribution in [1.29, 1.82) is 0 Å². The molecule has 0 aliphatic carbocycles. The van der Waals surface area contributed by atoms with E-state index in [-0.39, 0.29) is 17.2 Å². The number of nitrogens with one attached hydrogen (secondary N) is 1. The molecule has 6 heteroatoms. The molecule has 54 heavy (non-hydrogen) atoms. The van der Waals surface area contributed by atoms with Crippen LogP contribution in [0.1, 0.15) is 11.1 Å². The van der Waals surface area contributed by atoms with Gasteiger partial charge in [0.15, 0.2) is 0 Å². The molecule has 0 saturated heterocycles. The van der Waals surface area contributed by atoms with E-state index in [1.807, 2.05) is 91.9 Å². The van der Waals surface area contributed by atoms with Crippen molar-refractivity contribution in [3.05, 3.63) is 186 Å². The first kappa shape index (κ1) is 33.2. The molecule has 9 aromatic rings. The van der Waals surface area contributed by atoms with E-state index in [2.05, 4.69) is 5.32 Å². The van der Waals surface area contributed by atoms with E-state index in [4.69, 9.17) is 0 Å². The summed E-state index contributed by atoms with van der Waals surface area (Å²) in [6, 6.07) is 44.5. The number of nitrogens with zero attached hydrogens (tertiary/aromatic N) is 1. The second-order valence-corrected chi connectivity index (χ2v) is 13.8. The van der Waals surface area contributed by atoms with Crippen LogP contribution in [0, 0.1) is 37.1 Å². The van der Waals surface area contributed by atoms with Crippen molar-refractivity contribution in [2.75, 3.05) is 10.2 Å². The summed E-state index contributed by atoms with van der Waals surface area (Å²) in [5.41, 5.74) is 5.83. The van der Waals surface area contributed by atoms with Crippen LogP contribution in [0.25, 0.3) is 54.6 Å². The molecule has 0 saturated carbocycles. The van der Waals surface area contributed by atoms with Gasteiger partial charge in [-0.2, -0.15) is 0 Å². The first-order chi connectivity index (χ1) is 26.2. The Morgan fingerprint density at radius 3 is 1.83 bits per heavy atom. The number of rotatable bonds is 7. The van der Waals surface area contributed by atoms with Crippen LogP contribution >= 0.6 is 0 Å². The quantitative estimate of drug-likeness (QED) is 0.131. The lowest BCUT2D eigenvalue weighted by molar-refractivity contribution is 0.618. The monoisotopic (exact) mass is 712 g/mol. The van der Waals surface area contributed by atoms with Gasteiger partial charge < -0.3 is 10.2 Å². The summed E-state index contributed by atoms with van der Waals surface area (Å²) < 4.78 is 63.4. The fraction of sp³-hybridized carbons (Fsp3) is 0.0417. The Kier molecular flexibility index (Phi) is 8.04. The molecule has 1 N–H and O–H groups in total. The lowest BCUT2D eigenvalue weighted by Crippen LogP contribution is -2.14. The lowest BCUT2D eigenvalue weighted by atomic mass is 9.91. The zero-order chi connectivity index (χ0) is 37.1. The van der Waals surface area contributed by atoms with E-state index in [9.17, 15) is 0 Å². The smallest absolute Gasteiger partial charge is 0.147 e. The largest absolute Gasteiger partial charge is 0.353 e. The molecule has 262 valence electrons. The molecule has 0 aliphatic heterocycles. The molecule has 9 rings (SSSR count). The summed E-state index contributed by atoms with van der Waals surface area (Å²) in [6.07, 6.45) is 0. The van der Waals surface area contributed by atoms with Gasteiger partial charge in [0, 0.05) is 22.0 Å². The van der Waals surface area contributed by atoms with Crippen LogP contribution in [-0.4, -0.2) is 0 Å². The highest BCUT2D eigenvalue weighted by Crippen LogP contribution is 2.48. The van der Waals surface area contributed by atoms with E-state index in [0.717, 1.165) is 54.7 Å². The fourth-order valence-electron chi connectivity index (χ4n) is 7.58. The van der Waals surface area contributed by atoms with E-state index < -0.39 is 17.5 Å². The molecular weight excluding hydrogens is 681 g/mol. The van der Waals surface area contributed by atoms with Crippen molar-refractivity contribution in [2.24, 2.45) is 0 Å². The minimum atomic E-state index is -0.602. The third-order valence-electron chi connectivity index (χ3n) is 10.2. The van der Waals surface area contributed by atoms with Crippen LogP contribution in [0.4, 0.5) is 46.0 Å². The van der Waals surface area contributed by atoms with Gasteiger partial charge in [0.2, 0.25) is 0 Å². The van der Waals surface area contributed by atoms with Gasteiger partial charge in [0.05, 0.1) is 22.7 Å². The minimum absolute atomic E-state index is 0.0618. The predicted molar refractivity (Wildman–Crippen MR) is 215 cm³/mol. The van der Waals surface area contributed by atoms with Crippen LogP contribution in [0.3, 0.4) is 0 Å². The lowest BCUT2D eigenvalue weighted by Gasteiger charge is -2.29. The minimum Gasteiger partial charge on any atom is -0.353 e. The highest BCUT2D eigenvalue weighted by molar-refractivity contribution is 6.29. The Morgan fingerprint density at radius 1 is 0.407 bits per heavy atom. The summed E-state index contributed by atoms with van der Waals surface area (Å²) >= 11 is 0. The van der Waals surface area contributed by atoms with E-state index in [0.29, 0.717) is 28.1 Å².